The Labute approximate surface area is 217 Å². The second-order valence-electron chi connectivity index (χ2n) is 7.72. The van der Waals surface area contributed by atoms with Crippen LogP contribution in [0.3, 0.4) is 0 Å². The topological polar surface area (TPSA) is 127 Å². The van der Waals surface area contributed by atoms with Gasteiger partial charge in [0.2, 0.25) is 5.78 Å². The minimum atomic E-state index is -1.10. The molecule has 3 N–H and O–H groups in total. The van der Waals surface area contributed by atoms with E-state index in [9.17, 15) is 19.1 Å². The van der Waals surface area contributed by atoms with Crippen molar-refractivity contribution in [3.05, 3.63) is 70.6 Å². The molecule has 37 heavy (non-hydrogen) atoms. The number of nitrogens with one attached hydrogen (secondary N) is 1. The van der Waals surface area contributed by atoms with Gasteiger partial charge in [-0.15, -0.1) is 0 Å². The highest BCUT2D eigenvalue weighted by Gasteiger charge is 2.25. The number of benzene rings is 2. The van der Waals surface area contributed by atoms with Crippen LogP contribution in [0.5, 0.6) is 17.2 Å². The molecule has 0 aliphatic heterocycles. The lowest BCUT2D eigenvalue weighted by molar-refractivity contribution is 0.0837. The number of ether oxygens (including phenoxy) is 3. The van der Waals surface area contributed by atoms with E-state index in [1.165, 1.54) is 62.8 Å². The second-order valence-corrected chi connectivity index (χ2v) is 8.12. The molecule has 9 nitrogen and oxygen atoms in total. The van der Waals surface area contributed by atoms with Crippen LogP contribution in [0.2, 0.25) is 5.02 Å². The summed E-state index contributed by atoms with van der Waals surface area (Å²) < 4.78 is 29.6. The van der Waals surface area contributed by atoms with Crippen molar-refractivity contribution in [3.8, 4) is 28.5 Å². The number of aliphatic hydroxyl groups is 2. The molecular formula is C26H26ClFN2O7. The van der Waals surface area contributed by atoms with Crippen molar-refractivity contribution in [2.24, 2.45) is 0 Å². The number of hydrogen-bond donors (Lipinski definition) is 3. The van der Waals surface area contributed by atoms with Crippen LogP contribution in [-0.2, 0) is 0 Å². The molecule has 0 aliphatic carbocycles. The van der Waals surface area contributed by atoms with E-state index in [1.54, 1.807) is 0 Å². The number of amides is 1. The Bertz CT molecular complexity index is 1270. The van der Waals surface area contributed by atoms with Crippen molar-refractivity contribution < 1.29 is 38.4 Å². The van der Waals surface area contributed by atoms with Crippen LogP contribution >= 0.6 is 11.6 Å². The number of hydrogen-bond acceptors (Lipinski definition) is 8. The minimum Gasteiger partial charge on any atom is -0.494 e. The number of nitrogens with zero attached hydrogens (tertiary/aromatic N) is 1. The number of ketones is 1. The van der Waals surface area contributed by atoms with Gasteiger partial charge in [0.15, 0.2) is 11.5 Å². The van der Waals surface area contributed by atoms with E-state index in [2.05, 4.69) is 10.3 Å². The monoisotopic (exact) mass is 532 g/mol. The number of carbonyl (C=O) groups is 2. The fourth-order valence-corrected chi connectivity index (χ4v) is 3.68. The number of halogens is 2. The maximum atomic E-state index is 13.7. The smallest absolute Gasteiger partial charge is 0.252 e. The fraction of sp³-hybridized carbons (Fsp3) is 0.269. The predicted octanol–water partition coefficient (Wildman–Crippen LogP) is 3.29. The number of carbonyl (C=O) groups excluding carboxylic acids is 2. The lowest BCUT2D eigenvalue weighted by Gasteiger charge is -2.18. The standard InChI is InChI=1S/C26H26ClFN2O7/c1-35-22-8-6-19(29-24(22)15-3-5-18(28)17(27)13-15)25(33)20(9-10-31)30-26(34)16-4-7-21(37-12-11-32)23(14-16)36-2/h3-8,13-14,20,31-32H,9-12H2,1-2H3,(H,30,34). The quantitative estimate of drug-likeness (QED) is 0.303. The van der Waals surface area contributed by atoms with Crippen molar-refractivity contribution in [1.82, 2.24) is 10.3 Å². The molecule has 3 aromatic rings. The van der Waals surface area contributed by atoms with Crippen molar-refractivity contribution in [2.45, 2.75) is 12.5 Å². The van der Waals surface area contributed by atoms with Gasteiger partial charge < -0.3 is 29.7 Å². The van der Waals surface area contributed by atoms with Gasteiger partial charge >= 0.3 is 0 Å². The lowest BCUT2D eigenvalue weighted by atomic mass is 10.0. The molecule has 1 atom stereocenters. The zero-order valence-corrected chi connectivity index (χ0v) is 20.9. The second kappa shape index (κ2) is 13.0. The Hall–Kier alpha value is -3.73. The van der Waals surface area contributed by atoms with Gasteiger partial charge in [-0.05, 0) is 55.0 Å². The molecular weight excluding hydrogens is 507 g/mol. The summed E-state index contributed by atoms with van der Waals surface area (Å²) in [5, 5.41) is 21.0. The molecule has 196 valence electrons. The highest BCUT2D eigenvalue weighted by atomic mass is 35.5. The average molecular weight is 533 g/mol. The summed E-state index contributed by atoms with van der Waals surface area (Å²) in [5.41, 5.74) is 0.873. The molecule has 0 spiro atoms. The summed E-state index contributed by atoms with van der Waals surface area (Å²) in [5.74, 6) is -0.797. The molecule has 1 unspecified atom stereocenters. The van der Waals surface area contributed by atoms with E-state index in [1.807, 2.05) is 0 Å². The Morgan fingerprint density at radius 2 is 1.73 bits per heavy atom. The van der Waals surface area contributed by atoms with Crippen molar-refractivity contribution in [1.29, 1.82) is 0 Å². The summed E-state index contributed by atoms with van der Waals surface area (Å²) in [4.78, 5) is 30.7. The van der Waals surface area contributed by atoms with Gasteiger partial charge in [0, 0.05) is 17.7 Å². The maximum absolute atomic E-state index is 13.7. The first kappa shape index (κ1) is 27.9. The summed E-state index contributed by atoms with van der Waals surface area (Å²) in [6.07, 6.45) is -0.0647. The fourth-order valence-electron chi connectivity index (χ4n) is 3.50. The molecule has 3 rings (SSSR count). The minimum absolute atomic E-state index is 0.000305. The number of pyridine rings is 1. The van der Waals surface area contributed by atoms with Gasteiger partial charge in [0.05, 0.1) is 31.9 Å². The van der Waals surface area contributed by atoms with Crippen LogP contribution in [0.15, 0.2) is 48.5 Å². The molecule has 2 aromatic carbocycles. The largest absolute Gasteiger partial charge is 0.494 e. The predicted molar refractivity (Wildman–Crippen MR) is 134 cm³/mol. The Morgan fingerprint density at radius 1 is 1.00 bits per heavy atom. The van der Waals surface area contributed by atoms with Gasteiger partial charge in [0.1, 0.15) is 29.6 Å². The molecule has 1 aromatic heterocycles. The van der Waals surface area contributed by atoms with Crippen LogP contribution in [0.1, 0.15) is 27.3 Å². The Balaban J connectivity index is 1.88. The van der Waals surface area contributed by atoms with E-state index in [4.69, 9.17) is 30.9 Å². The van der Waals surface area contributed by atoms with Crippen LogP contribution < -0.4 is 19.5 Å². The van der Waals surface area contributed by atoms with Gasteiger partial charge in [-0.25, -0.2) is 9.37 Å². The summed E-state index contributed by atoms with van der Waals surface area (Å²) in [6, 6.07) is 10.3. The Morgan fingerprint density at radius 3 is 2.38 bits per heavy atom. The van der Waals surface area contributed by atoms with Crippen LogP contribution in [0.4, 0.5) is 4.39 Å². The third kappa shape index (κ3) is 6.73. The van der Waals surface area contributed by atoms with Gasteiger partial charge in [-0.2, -0.15) is 0 Å². The summed E-state index contributed by atoms with van der Waals surface area (Å²) in [6.45, 7) is -0.508. The summed E-state index contributed by atoms with van der Waals surface area (Å²) in [7, 11) is 2.83. The van der Waals surface area contributed by atoms with Gasteiger partial charge in [-0.1, -0.05) is 11.6 Å². The normalized spacial score (nSPS) is 11.5. The van der Waals surface area contributed by atoms with Gasteiger partial charge in [-0.3, -0.25) is 9.59 Å². The maximum Gasteiger partial charge on any atom is 0.252 e. The van der Waals surface area contributed by atoms with E-state index in [-0.39, 0.29) is 54.0 Å². The van der Waals surface area contributed by atoms with Crippen molar-refractivity contribution >= 4 is 23.3 Å². The van der Waals surface area contributed by atoms with E-state index < -0.39 is 23.5 Å². The molecule has 0 aliphatic rings. The molecule has 0 saturated carbocycles. The highest BCUT2D eigenvalue weighted by Crippen LogP contribution is 2.31. The van der Waals surface area contributed by atoms with Crippen LogP contribution in [-0.4, -0.2) is 67.0 Å². The van der Waals surface area contributed by atoms with Gasteiger partial charge in [0.25, 0.3) is 5.91 Å². The average Bonchev–Trinajstić information content (AvgIpc) is 2.92. The SMILES string of the molecule is COc1cc(C(=O)NC(CCO)C(=O)c2ccc(OC)c(-c3ccc(F)c(Cl)c3)n2)ccc1OCCO. The number of aromatic nitrogens is 1. The molecule has 0 radical (unpaired) electrons. The number of rotatable bonds is 12. The first-order valence-electron chi connectivity index (χ1n) is 11.2. The molecule has 0 fully saturated rings. The van der Waals surface area contributed by atoms with E-state index >= 15 is 0 Å². The first-order valence-corrected chi connectivity index (χ1v) is 11.6. The van der Waals surface area contributed by atoms with Crippen molar-refractivity contribution in [2.75, 3.05) is 34.0 Å². The Kier molecular flexibility index (Phi) is 9.78. The van der Waals surface area contributed by atoms with Crippen LogP contribution in [0, 0.1) is 5.82 Å². The number of aliphatic hydroxyl groups excluding tert-OH is 2. The van der Waals surface area contributed by atoms with E-state index in [0.29, 0.717) is 17.1 Å². The first-order chi connectivity index (χ1) is 17.8. The van der Waals surface area contributed by atoms with Crippen molar-refractivity contribution in [3.63, 3.8) is 0 Å². The molecule has 0 bridgehead atoms. The molecule has 0 saturated heterocycles. The third-order valence-electron chi connectivity index (χ3n) is 5.34. The number of Topliss-reactive ketones (excluding diaryl/α,β-unsaturated/α-hetero) is 1. The zero-order chi connectivity index (χ0) is 26.9. The highest BCUT2D eigenvalue weighted by molar-refractivity contribution is 6.31. The van der Waals surface area contributed by atoms with Crippen LogP contribution in [0.25, 0.3) is 11.3 Å². The molecule has 11 heteroatoms. The van der Waals surface area contributed by atoms with E-state index in [0.717, 1.165) is 0 Å². The molecule has 1 amide bonds. The summed E-state index contributed by atoms with van der Waals surface area (Å²) >= 11 is 5.91. The third-order valence-corrected chi connectivity index (χ3v) is 5.63. The molecule has 1 heterocycles. The zero-order valence-electron chi connectivity index (χ0n) is 20.2. The lowest BCUT2D eigenvalue weighted by Crippen LogP contribution is -2.41. The number of methoxy groups -OCH3 is 2.